The molecule has 9 heteroatoms. The van der Waals surface area contributed by atoms with Crippen LogP contribution in [-0.4, -0.2) is 47.9 Å². The van der Waals surface area contributed by atoms with E-state index in [1.54, 1.807) is 7.05 Å². The third kappa shape index (κ3) is 2.87. The number of alkyl halides is 3. The lowest BCUT2D eigenvalue weighted by molar-refractivity contribution is -0.541. The molecule has 0 saturated heterocycles. The molecule has 1 unspecified atom stereocenters. The summed E-state index contributed by atoms with van der Waals surface area (Å²) in [5.74, 6) is 0. The summed E-state index contributed by atoms with van der Waals surface area (Å²) in [6.07, 6.45) is 2.88. The molecule has 0 bridgehead atoms. The summed E-state index contributed by atoms with van der Waals surface area (Å²) in [6.45, 7) is 0.833. The highest BCUT2D eigenvalue weighted by Gasteiger charge is 2.51. The molecule has 5 nitrogen and oxygen atoms in total. The van der Waals surface area contributed by atoms with Crippen molar-refractivity contribution in [3.05, 3.63) is 0 Å². The van der Waals surface area contributed by atoms with Crippen LogP contribution in [0.25, 0.3) is 0 Å². The second kappa shape index (κ2) is 4.42. The van der Waals surface area contributed by atoms with Crippen molar-refractivity contribution in [3.63, 3.8) is 0 Å². The van der Waals surface area contributed by atoms with Crippen LogP contribution in [0.1, 0.15) is 6.92 Å². The molecule has 1 atom stereocenters. The van der Waals surface area contributed by atoms with E-state index in [-0.39, 0.29) is 0 Å². The second-order valence-corrected chi connectivity index (χ2v) is 7.74. The molecular weight excluding hydrogens is 299 g/mol. The summed E-state index contributed by atoms with van der Waals surface area (Å²) in [5.41, 5.74) is 0. The fourth-order valence-electron chi connectivity index (χ4n) is 0.998. The van der Waals surface area contributed by atoms with Gasteiger partial charge in [0.1, 0.15) is 13.7 Å². The van der Waals surface area contributed by atoms with Gasteiger partial charge in [0.15, 0.2) is 6.21 Å². The number of hydrogen-bond donors (Lipinski definition) is 0. The van der Waals surface area contributed by atoms with E-state index < -0.39 is 25.5 Å². The zero-order valence-corrected chi connectivity index (χ0v) is 11.6. The van der Waals surface area contributed by atoms with E-state index in [1.165, 1.54) is 23.9 Å². The number of rotatable bonds is 3. The molecule has 0 spiro atoms. The number of halogens is 3. The quantitative estimate of drug-likeness (QED) is 0.447. The molecule has 1 aliphatic heterocycles. The Morgan fingerprint density at radius 2 is 2.06 bits per heavy atom. The number of nitrogens with zero attached hydrogens (tertiary/aromatic N) is 2. The molecule has 16 heavy (non-hydrogen) atoms. The predicted octanol–water partition coefficient (Wildman–Crippen LogP) is 1.17. The third-order valence-electron chi connectivity index (χ3n) is 2.11. The largest absolute Gasteiger partial charge is 0.379 e. The van der Waals surface area contributed by atoms with Gasteiger partial charge < -0.3 is 0 Å². The van der Waals surface area contributed by atoms with Crippen LogP contribution in [0.3, 0.4) is 0 Å². The molecule has 0 aromatic carbocycles. The summed E-state index contributed by atoms with van der Waals surface area (Å²) in [4.78, 5) is 2.31. The fourth-order valence-corrected chi connectivity index (χ4v) is 2.51. The van der Waals surface area contributed by atoms with Gasteiger partial charge in [0.05, 0.1) is 6.21 Å². The minimum absolute atomic E-state index is 0.557. The molecule has 1 aliphatic rings. The Morgan fingerprint density at radius 3 is 2.44 bits per heavy atom. The molecule has 0 fully saturated rings. The zero-order valence-electron chi connectivity index (χ0n) is 8.52. The van der Waals surface area contributed by atoms with Crippen molar-refractivity contribution in [1.29, 1.82) is 0 Å². The Bertz CT molecular complexity index is 440. The topological polar surface area (TPSA) is 58.7 Å². The molecule has 0 aliphatic carbocycles. The minimum atomic E-state index is -4.00. The van der Waals surface area contributed by atoms with Crippen molar-refractivity contribution >= 4 is 57.4 Å². The van der Waals surface area contributed by atoms with Crippen molar-refractivity contribution in [2.45, 2.75) is 15.7 Å². The predicted molar refractivity (Wildman–Crippen MR) is 64.3 cm³/mol. The van der Waals surface area contributed by atoms with E-state index in [9.17, 15) is 8.42 Å². The Balaban J connectivity index is 2.88. The summed E-state index contributed by atoms with van der Waals surface area (Å²) in [7, 11) is -2.44. The van der Waals surface area contributed by atoms with Gasteiger partial charge in [0, 0.05) is 6.92 Å². The van der Waals surface area contributed by atoms with Crippen LogP contribution in [0.5, 0.6) is 0 Å². The Labute approximate surface area is 109 Å². The first kappa shape index (κ1) is 14.2. The maximum absolute atomic E-state index is 11.8. The standard InChI is InChI=1S/C7H10Cl3N2O3S/c1-6(11-3-4-12(6)2)16(13,14)15-5-7(8,9)10/h3-4H,5H2,1-2H3/q+1. The molecule has 0 radical (unpaired) electrons. The van der Waals surface area contributed by atoms with Gasteiger partial charge >= 0.3 is 15.1 Å². The highest BCUT2D eigenvalue weighted by molar-refractivity contribution is 7.87. The van der Waals surface area contributed by atoms with Crippen molar-refractivity contribution in [2.24, 2.45) is 4.99 Å². The van der Waals surface area contributed by atoms with Crippen LogP contribution in [-0.2, 0) is 14.3 Å². The molecule has 0 N–H and O–H groups in total. The number of hydrogen-bond acceptors (Lipinski definition) is 4. The first-order valence-corrected chi connectivity index (χ1v) is 6.70. The summed E-state index contributed by atoms with van der Waals surface area (Å²) < 4.78 is 27.9. The van der Waals surface area contributed by atoms with E-state index in [1.807, 2.05) is 0 Å². The molecule has 0 saturated carbocycles. The van der Waals surface area contributed by atoms with E-state index in [0.29, 0.717) is 0 Å². The van der Waals surface area contributed by atoms with Gasteiger partial charge in [-0.15, -0.1) is 0 Å². The first-order chi connectivity index (χ1) is 7.08. The lowest BCUT2D eigenvalue weighted by atomic mass is 10.6. The summed E-state index contributed by atoms with van der Waals surface area (Å²) >= 11 is 16.2. The molecule has 0 aromatic heterocycles. The zero-order chi connectivity index (χ0) is 12.6. The average molecular weight is 309 g/mol. The van der Waals surface area contributed by atoms with Crippen LogP contribution in [0, 0.1) is 0 Å². The van der Waals surface area contributed by atoms with E-state index in [2.05, 4.69) is 9.18 Å². The van der Waals surface area contributed by atoms with Crippen LogP contribution in [0.4, 0.5) is 0 Å². The second-order valence-electron chi connectivity index (χ2n) is 3.30. The lowest BCUT2D eigenvalue weighted by Gasteiger charge is -2.18. The van der Waals surface area contributed by atoms with E-state index >= 15 is 0 Å². The van der Waals surface area contributed by atoms with Gasteiger partial charge in [-0.05, 0) is 0 Å². The third-order valence-corrected chi connectivity index (χ3v) is 4.21. The summed E-state index contributed by atoms with van der Waals surface area (Å²) in [6, 6.07) is 0. The van der Waals surface area contributed by atoms with Gasteiger partial charge in [-0.3, -0.25) is 4.18 Å². The normalized spacial score (nSPS) is 25.9. The lowest BCUT2D eigenvalue weighted by Crippen LogP contribution is -2.43. The molecule has 0 aromatic rings. The van der Waals surface area contributed by atoms with Gasteiger partial charge in [0.25, 0.3) is 0 Å². The van der Waals surface area contributed by atoms with Gasteiger partial charge in [-0.1, -0.05) is 34.8 Å². The van der Waals surface area contributed by atoms with Crippen LogP contribution in [0.15, 0.2) is 4.99 Å². The molecule has 1 heterocycles. The van der Waals surface area contributed by atoms with Gasteiger partial charge in [-0.25, -0.2) is 4.99 Å². The Hall–Kier alpha value is 0.120. The van der Waals surface area contributed by atoms with Crippen molar-refractivity contribution in [2.75, 3.05) is 13.7 Å². The minimum Gasteiger partial charge on any atom is -0.259 e. The maximum atomic E-state index is 11.8. The molecule has 0 amide bonds. The van der Waals surface area contributed by atoms with Crippen molar-refractivity contribution in [3.8, 4) is 0 Å². The van der Waals surface area contributed by atoms with Gasteiger partial charge in [-0.2, -0.15) is 13.0 Å². The summed E-state index contributed by atoms with van der Waals surface area (Å²) in [5, 5.41) is 0. The van der Waals surface area contributed by atoms with E-state index in [0.717, 1.165) is 0 Å². The highest BCUT2D eigenvalue weighted by atomic mass is 35.6. The van der Waals surface area contributed by atoms with Crippen molar-refractivity contribution in [1.82, 2.24) is 0 Å². The number of aliphatic imine (C=N–C) groups is 1. The average Bonchev–Trinajstić information content (AvgIpc) is 2.45. The monoisotopic (exact) mass is 307 g/mol. The molecule has 1 rings (SSSR count). The Morgan fingerprint density at radius 1 is 1.50 bits per heavy atom. The van der Waals surface area contributed by atoms with Gasteiger partial charge in [0.2, 0.25) is 3.79 Å². The fraction of sp³-hybridized carbons (Fsp3) is 0.714. The van der Waals surface area contributed by atoms with E-state index in [4.69, 9.17) is 34.8 Å². The van der Waals surface area contributed by atoms with Crippen LogP contribution >= 0.6 is 34.8 Å². The maximum Gasteiger partial charge on any atom is 0.379 e. The van der Waals surface area contributed by atoms with Crippen LogP contribution in [0.2, 0.25) is 0 Å². The Kier molecular flexibility index (Phi) is 3.92. The SMILES string of the molecule is C[N+]1=CC=NC1(C)S(=O)(=O)OCC(Cl)(Cl)Cl. The van der Waals surface area contributed by atoms with Crippen molar-refractivity contribution < 1.29 is 17.2 Å². The highest BCUT2D eigenvalue weighted by Crippen LogP contribution is 2.30. The first-order valence-electron chi connectivity index (χ1n) is 4.16. The molecular formula is C7H10Cl3N2O3S+. The smallest absolute Gasteiger partial charge is 0.259 e. The molecule has 92 valence electrons. The van der Waals surface area contributed by atoms with Crippen LogP contribution < -0.4 is 0 Å².